The summed E-state index contributed by atoms with van der Waals surface area (Å²) < 4.78 is 0. The molecule has 7 nitrogen and oxygen atoms in total. The van der Waals surface area contributed by atoms with Gasteiger partial charge in [-0.3, -0.25) is 9.59 Å². The van der Waals surface area contributed by atoms with E-state index in [4.69, 9.17) is 0 Å². The third kappa shape index (κ3) is 6.64. The molecule has 29 heavy (non-hydrogen) atoms. The Morgan fingerprint density at radius 1 is 0.966 bits per heavy atom. The first kappa shape index (κ1) is 21.9. The van der Waals surface area contributed by atoms with Crippen LogP contribution >= 0.6 is 0 Å². The molecule has 0 spiro atoms. The molecule has 0 aliphatic carbocycles. The van der Waals surface area contributed by atoms with Crippen molar-refractivity contribution in [3.63, 3.8) is 0 Å². The van der Waals surface area contributed by atoms with E-state index < -0.39 is 12.1 Å². The van der Waals surface area contributed by atoms with Gasteiger partial charge in [-0.2, -0.15) is 0 Å². The number of rotatable bonds is 7. The number of carbonyl (C=O) groups is 3. The van der Waals surface area contributed by atoms with Crippen LogP contribution in [0.15, 0.2) is 54.6 Å². The number of carbonyl (C=O) groups excluding carboxylic acids is 3. The van der Waals surface area contributed by atoms with Crippen molar-refractivity contribution in [2.24, 2.45) is 5.92 Å². The average molecular weight is 396 g/mol. The maximum atomic E-state index is 12.7. The van der Waals surface area contributed by atoms with E-state index in [-0.39, 0.29) is 17.7 Å². The van der Waals surface area contributed by atoms with Gasteiger partial charge in [-0.25, -0.2) is 4.79 Å². The lowest BCUT2D eigenvalue weighted by Gasteiger charge is -2.22. The highest BCUT2D eigenvalue weighted by Gasteiger charge is 2.24. The Hall–Kier alpha value is -3.35. The van der Waals surface area contributed by atoms with Crippen molar-refractivity contribution in [1.82, 2.24) is 15.5 Å². The van der Waals surface area contributed by atoms with Crippen LogP contribution in [0, 0.1) is 5.92 Å². The molecule has 0 saturated heterocycles. The molecular weight excluding hydrogens is 368 g/mol. The summed E-state index contributed by atoms with van der Waals surface area (Å²) in [7, 11) is 3.33. The van der Waals surface area contributed by atoms with E-state index in [1.54, 1.807) is 38.4 Å². The normalized spacial score (nSPS) is 11.5. The molecule has 2 aromatic carbocycles. The molecule has 0 aliphatic heterocycles. The second-order valence-electron chi connectivity index (χ2n) is 7.30. The van der Waals surface area contributed by atoms with E-state index >= 15 is 0 Å². The lowest BCUT2D eigenvalue weighted by Crippen LogP contribution is -2.50. The van der Waals surface area contributed by atoms with E-state index in [9.17, 15) is 14.4 Å². The van der Waals surface area contributed by atoms with Crippen LogP contribution in [0.2, 0.25) is 0 Å². The first-order chi connectivity index (χ1) is 13.8. The van der Waals surface area contributed by atoms with Gasteiger partial charge in [0.1, 0.15) is 6.04 Å². The Labute approximate surface area is 171 Å². The molecule has 7 heteroatoms. The minimum absolute atomic E-state index is 0.121. The van der Waals surface area contributed by atoms with Gasteiger partial charge in [-0.05, 0) is 29.7 Å². The zero-order valence-corrected chi connectivity index (χ0v) is 17.2. The quantitative estimate of drug-likeness (QED) is 0.672. The van der Waals surface area contributed by atoms with Gasteiger partial charge in [0.15, 0.2) is 0 Å². The van der Waals surface area contributed by atoms with E-state index in [2.05, 4.69) is 16.0 Å². The van der Waals surface area contributed by atoms with Crippen LogP contribution in [0.5, 0.6) is 0 Å². The molecule has 0 fully saturated rings. The third-order valence-corrected chi connectivity index (χ3v) is 4.31. The summed E-state index contributed by atoms with van der Waals surface area (Å²) in [6.45, 7) is 4.08. The van der Waals surface area contributed by atoms with Crippen LogP contribution in [0.3, 0.4) is 0 Å². The maximum Gasteiger partial charge on any atom is 0.315 e. The van der Waals surface area contributed by atoms with Crippen molar-refractivity contribution in [2.45, 2.75) is 26.4 Å². The molecule has 0 saturated carbocycles. The maximum absolute atomic E-state index is 12.7. The zero-order valence-electron chi connectivity index (χ0n) is 17.2. The molecule has 0 bridgehead atoms. The van der Waals surface area contributed by atoms with Crippen molar-refractivity contribution in [3.8, 4) is 0 Å². The Morgan fingerprint density at radius 3 is 2.28 bits per heavy atom. The SMILES string of the molecule is CC(C)C(NC(=O)NCc1ccccc1)C(=O)Nc1cccc(C(=O)N(C)C)c1. The van der Waals surface area contributed by atoms with Gasteiger partial charge < -0.3 is 20.9 Å². The predicted molar refractivity (Wildman–Crippen MR) is 114 cm³/mol. The molecule has 154 valence electrons. The van der Waals surface area contributed by atoms with Gasteiger partial charge in [0, 0.05) is 31.9 Å². The number of urea groups is 1. The Balaban J connectivity index is 1.99. The molecule has 0 aliphatic rings. The van der Waals surface area contributed by atoms with Crippen LogP contribution in [0.25, 0.3) is 0 Å². The molecule has 4 amide bonds. The molecule has 2 rings (SSSR count). The number of hydrogen-bond donors (Lipinski definition) is 3. The number of benzene rings is 2. The molecular formula is C22H28N4O3. The average Bonchev–Trinajstić information content (AvgIpc) is 2.70. The minimum Gasteiger partial charge on any atom is -0.345 e. The van der Waals surface area contributed by atoms with E-state index in [0.717, 1.165) is 5.56 Å². The smallest absolute Gasteiger partial charge is 0.315 e. The first-order valence-corrected chi connectivity index (χ1v) is 9.48. The molecule has 2 aromatic rings. The second-order valence-corrected chi connectivity index (χ2v) is 7.30. The monoisotopic (exact) mass is 396 g/mol. The van der Waals surface area contributed by atoms with Gasteiger partial charge in [0.25, 0.3) is 5.91 Å². The van der Waals surface area contributed by atoms with Crippen LogP contribution in [0.4, 0.5) is 10.5 Å². The largest absolute Gasteiger partial charge is 0.345 e. The van der Waals surface area contributed by atoms with E-state index in [1.165, 1.54) is 4.90 Å². The standard InChI is InChI=1S/C22H28N4O3/c1-15(2)19(25-22(29)23-14-16-9-6-5-7-10-16)20(27)24-18-12-8-11-17(13-18)21(28)26(3)4/h5-13,15,19H,14H2,1-4H3,(H,24,27)(H2,23,25,29). The van der Waals surface area contributed by atoms with Crippen LogP contribution in [0.1, 0.15) is 29.8 Å². The highest BCUT2D eigenvalue weighted by atomic mass is 16.2. The number of anilines is 1. The summed E-state index contributed by atoms with van der Waals surface area (Å²) in [6, 6.07) is 15.1. The molecule has 0 aromatic heterocycles. The number of nitrogens with zero attached hydrogens (tertiary/aromatic N) is 1. The summed E-state index contributed by atoms with van der Waals surface area (Å²) in [5.41, 5.74) is 1.94. The van der Waals surface area contributed by atoms with E-state index in [1.807, 2.05) is 44.2 Å². The van der Waals surface area contributed by atoms with Gasteiger partial charge in [-0.15, -0.1) is 0 Å². The minimum atomic E-state index is -0.723. The summed E-state index contributed by atoms with van der Waals surface area (Å²) >= 11 is 0. The summed E-state index contributed by atoms with van der Waals surface area (Å²) in [6.07, 6.45) is 0. The van der Waals surface area contributed by atoms with Crippen molar-refractivity contribution < 1.29 is 14.4 Å². The topological polar surface area (TPSA) is 90.5 Å². The fourth-order valence-electron chi connectivity index (χ4n) is 2.71. The fourth-order valence-corrected chi connectivity index (χ4v) is 2.71. The van der Waals surface area contributed by atoms with Crippen LogP contribution < -0.4 is 16.0 Å². The molecule has 0 radical (unpaired) electrons. The lowest BCUT2D eigenvalue weighted by atomic mass is 10.0. The zero-order chi connectivity index (χ0) is 21.4. The molecule has 3 N–H and O–H groups in total. The number of hydrogen-bond acceptors (Lipinski definition) is 3. The van der Waals surface area contributed by atoms with Gasteiger partial charge in [0.2, 0.25) is 5.91 Å². The molecule has 0 heterocycles. The van der Waals surface area contributed by atoms with Crippen LogP contribution in [-0.4, -0.2) is 42.9 Å². The van der Waals surface area contributed by atoms with Crippen molar-refractivity contribution >= 4 is 23.5 Å². The highest BCUT2D eigenvalue weighted by Crippen LogP contribution is 2.14. The Morgan fingerprint density at radius 2 is 1.66 bits per heavy atom. The first-order valence-electron chi connectivity index (χ1n) is 9.48. The predicted octanol–water partition coefficient (Wildman–Crippen LogP) is 2.85. The van der Waals surface area contributed by atoms with Crippen molar-refractivity contribution in [3.05, 3.63) is 65.7 Å². The van der Waals surface area contributed by atoms with Crippen molar-refractivity contribution in [1.29, 1.82) is 0 Å². The second kappa shape index (κ2) is 10.3. The summed E-state index contributed by atoms with van der Waals surface area (Å²) in [4.78, 5) is 38.6. The summed E-state index contributed by atoms with van der Waals surface area (Å²) in [5, 5.41) is 8.27. The van der Waals surface area contributed by atoms with Crippen LogP contribution in [-0.2, 0) is 11.3 Å². The fraction of sp³-hybridized carbons (Fsp3) is 0.318. The summed E-state index contributed by atoms with van der Waals surface area (Å²) in [5.74, 6) is -0.617. The van der Waals surface area contributed by atoms with Crippen molar-refractivity contribution in [2.75, 3.05) is 19.4 Å². The van der Waals surface area contributed by atoms with Gasteiger partial charge in [0.05, 0.1) is 0 Å². The number of amides is 4. The number of nitrogens with one attached hydrogen (secondary N) is 3. The third-order valence-electron chi connectivity index (χ3n) is 4.31. The molecule has 1 atom stereocenters. The molecule has 1 unspecified atom stereocenters. The highest BCUT2D eigenvalue weighted by molar-refractivity contribution is 5.99. The van der Waals surface area contributed by atoms with Gasteiger partial charge >= 0.3 is 6.03 Å². The lowest BCUT2D eigenvalue weighted by molar-refractivity contribution is -0.118. The Bertz CT molecular complexity index is 850. The Kier molecular flexibility index (Phi) is 7.77. The van der Waals surface area contributed by atoms with Gasteiger partial charge in [-0.1, -0.05) is 50.2 Å². The van der Waals surface area contributed by atoms with E-state index in [0.29, 0.717) is 17.8 Å².